The van der Waals surface area contributed by atoms with Gasteiger partial charge in [-0.3, -0.25) is 4.79 Å². The lowest BCUT2D eigenvalue weighted by atomic mass is 10.1. The van der Waals surface area contributed by atoms with Crippen LogP contribution in [0.1, 0.15) is 36.5 Å². The minimum absolute atomic E-state index is 0.0954. The van der Waals surface area contributed by atoms with Gasteiger partial charge in [0.25, 0.3) is 5.95 Å². The first-order valence-electron chi connectivity index (χ1n) is 8.05. The van der Waals surface area contributed by atoms with Crippen molar-refractivity contribution in [3.05, 3.63) is 47.4 Å². The number of hydrogen-bond acceptors (Lipinski definition) is 4. The second kappa shape index (κ2) is 7.13. The molecule has 0 unspecified atom stereocenters. The number of carbonyl (C=O) groups excluding carboxylic acids is 1. The molecule has 1 saturated heterocycles. The SMILES string of the molecule is CC(=O)c1ccc(Oc2c(F)c(F)nc(N3CCCCC3)c2F)cc1. The van der Waals surface area contributed by atoms with Gasteiger partial charge in [0.2, 0.25) is 17.4 Å². The van der Waals surface area contributed by atoms with E-state index in [0.717, 1.165) is 19.3 Å². The summed E-state index contributed by atoms with van der Waals surface area (Å²) in [4.78, 5) is 16.3. The summed E-state index contributed by atoms with van der Waals surface area (Å²) in [6.07, 6.45) is 2.68. The van der Waals surface area contributed by atoms with Crippen LogP contribution < -0.4 is 9.64 Å². The van der Waals surface area contributed by atoms with E-state index >= 15 is 0 Å². The first kappa shape index (κ1) is 17.3. The van der Waals surface area contributed by atoms with Crippen LogP contribution in [0.2, 0.25) is 0 Å². The highest BCUT2D eigenvalue weighted by Gasteiger charge is 2.26. The van der Waals surface area contributed by atoms with Crippen LogP contribution >= 0.6 is 0 Å². The van der Waals surface area contributed by atoms with Gasteiger partial charge in [0.05, 0.1) is 0 Å². The predicted octanol–water partition coefficient (Wildman–Crippen LogP) is 4.48. The van der Waals surface area contributed by atoms with Gasteiger partial charge in [0.15, 0.2) is 11.6 Å². The van der Waals surface area contributed by atoms with E-state index in [9.17, 15) is 18.0 Å². The first-order chi connectivity index (χ1) is 12.0. The number of piperidine rings is 1. The standard InChI is InChI=1S/C18H17F3N2O2/c1-11(24)12-5-7-13(8-6-12)25-16-14(19)17(21)22-18(15(16)20)23-9-3-2-4-10-23/h5-8H,2-4,9-10H2,1H3. The van der Waals surface area contributed by atoms with Gasteiger partial charge in [-0.25, -0.2) is 0 Å². The third kappa shape index (κ3) is 3.60. The van der Waals surface area contributed by atoms with Crippen molar-refractivity contribution in [1.82, 2.24) is 4.98 Å². The maximum atomic E-state index is 14.7. The lowest BCUT2D eigenvalue weighted by Crippen LogP contribution is -2.31. The average Bonchev–Trinajstić information content (AvgIpc) is 2.63. The molecule has 1 aromatic carbocycles. The van der Waals surface area contributed by atoms with E-state index < -0.39 is 23.3 Å². The predicted molar refractivity (Wildman–Crippen MR) is 86.7 cm³/mol. The van der Waals surface area contributed by atoms with Gasteiger partial charge in [-0.2, -0.15) is 18.2 Å². The van der Waals surface area contributed by atoms with Crippen molar-refractivity contribution >= 4 is 11.6 Å². The number of benzene rings is 1. The molecule has 0 aliphatic carbocycles. The Morgan fingerprint density at radius 1 is 1.04 bits per heavy atom. The number of halogens is 3. The van der Waals surface area contributed by atoms with Gasteiger partial charge in [-0.15, -0.1) is 0 Å². The maximum Gasteiger partial charge on any atom is 0.255 e. The molecule has 0 spiro atoms. The second-order valence-corrected chi connectivity index (χ2v) is 5.91. The number of ketones is 1. The summed E-state index contributed by atoms with van der Waals surface area (Å²) in [6, 6.07) is 5.73. The molecule has 2 aromatic rings. The summed E-state index contributed by atoms with van der Waals surface area (Å²) in [6.45, 7) is 2.46. The maximum absolute atomic E-state index is 14.7. The third-order valence-electron chi connectivity index (χ3n) is 4.12. The zero-order valence-electron chi connectivity index (χ0n) is 13.7. The Morgan fingerprint density at radius 2 is 1.68 bits per heavy atom. The molecular formula is C18H17F3N2O2. The molecule has 1 aliphatic rings. The van der Waals surface area contributed by atoms with E-state index in [0.29, 0.717) is 18.7 Å². The van der Waals surface area contributed by atoms with Crippen LogP contribution in [0.4, 0.5) is 19.0 Å². The lowest BCUT2D eigenvalue weighted by molar-refractivity contribution is 0.101. The fraction of sp³-hybridized carbons (Fsp3) is 0.333. The Morgan fingerprint density at radius 3 is 2.28 bits per heavy atom. The van der Waals surface area contributed by atoms with Crippen LogP contribution in [0.25, 0.3) is 0 Å². The number of anilines is 1. The van der Waals surface area contributed by atoms with Gasteiger partial charge in [0.1, 0.15) is 5.75 Å². The highest BCUT2D eigenvalue weighted by Crippen LogP contribution is 2.34. The van der Waals surface area contributed by atoms with E-state index in [1.165, 1.54) is 31.2 Å². The van der Waals surface area contributed by atoms with Crippen LogP contribution in [-0.4, -0.2) is 23.9 Å². The first-order valence-corrected chi connectivity index (χ1v) is 8.05. The van der Waals surface area contributed by atoms with Gasteiger partial charge in [-0.1, -0.05) is 0 Å². The summed E-state index contributed by atoms with van der Waals surface area (Å²) < 4.78 is 47.8. The summed E-state index contributed by atoms with van der Waals surface area (Å²) >= 11 is 0. The Hall–Kier alpha value is -2.57. The monoisotopic (exact) mass is 350 g/mol. The van der Waals surface area contributed by atoms with E-state index in [2.05, 4.69) is 4.98 Å². The van der Waals surface area contributed by atoms with Crippen LogP contribution in [0.3, 0.4) is 0 Å². The minimum Gasteiger partial charge on any atom is -0.451 e. The molecule has 0 amide bonds. The summed E-state index contributed by atoms with van der Waals surface area (Å²) in [5.74, 6) is -5.04. The molecule has 3 rings (SSSR count). The molecule has 0 N–H and O–H groups in total. The molecule has 25 heavy (non-hydrogen) atoms. The fourth-order valence-corrected chi connectivity index (χ4v) is 2.76. The molecule has 132 valence electrons. The molecule has 0 atom stereocenters. The zero-order valence-corrected chi connectivity index (χ0v) is 13.7. The van der Waals surface area contributed by atoms with Crippen molar-refractivity contribution in [3.8, 4) is 11.5 Å². The van der Waals surface area contributed by atoms with Gasteiger partial charge in [-0.05, 0) is 50.5 Å². The Balaban J connectivity index is 1.94. The second-order valence-electron chi connectivity index (χ2n) is 5.91. The largest absolute Gasteiger partial charge is 0.451 e. The van der Waals surface area contributed by atoms with Crippen molar-refractivity contribution in [2.24, 2.45) is 0 Å². The van der Waals surface area contributed by atoms with Crippen LogP contribution in [0.15, 0.2) is 24.3 Å². The van der Waals surface area contributed by atoms with Gasteiger partial charge < -0.3 is 9.64 Å². The number of pyridine rings is 1. The van der Waals surface area contributed by atoms with Crippen molar-refractivity contribution in [2.45, 2.75) is 26.2 Å². The average molecular weight is 350 g/mol. The molecule has 2 heterocycles. The Kier molecular flexibility index (Phi) is 4.92. The van der Waals surface area contributed by atoms with E-state index in [-0.39, 0.29) is 17.4 Å². The summed E-state index contributed by atoms with van der Waals surface area (Å²) in [7, 11) is 0. The van der Waals surface area contributed by atoms with Gasteiger partial charge in [0, 0.05) is 18.7 Å². The van der Waals surface area contributed by atoms with E-state index in [1.807, 2.05) is 0 Å². The number of Topliss-reactive ketones (excluding diaryl/α,β-unsaturated/α-hetero) is 1. The topological polar surface area (TPSA) is 42.4 Å². The molecule has 1 aromatic heterocycles. The smallest absolute Gasteiger partial charge is 0.255 e. The minimum atomic E-state index is -1.48. The third-order valence-corrected chi connectivity index (χ3v) is 4.12. The van der Waals surface area contributed by atoms with E-state index in [1.54, 1.807) is 4.90 Å². The van der Waals surface area contributed by atoms with Crippen molar-refractivity contribution in [2.75, 3.05) is 18.0 Å². The number of aromatic nitrogens is 1. The zero-order chi connectivity index (χ0) is 18.0. The highest BCUT2D eigenvalue weighted by molar-refractivity contribution is 5.94. The summed E-state index contributed by atoms with van der Waals surface area (Å²) in [5.41, 5.74) is 0.434. The summed E-state index contributed by atoms with van der Waals surface area (Å²) in [5, 5.41) is 0. The number of nitrogens with zero attached hydrogens (tertiary/aromatic N) is 2. The number of carbonyl (C=O) groups is 1. The quantitative estimate of drug-likeness (QED) is 0.602. The Labute approximate surface area is 143 Å². The van der Waals surface area contributed by atoms with Crippen LogP contribution in [0, 0.1) is 17.6 Å². The van der Waals surface area contributed by atoms with Crippen LogP contribution in [-0.2, 0) is 0 Å². The lowest BCUT2D eigenvalue weighted by Gasteiger charge is -2.28. The number of hydrogen-bond donors (Lipinski definition) is 0. The van der Waals surface area contributed by atoms with Crippen molar-refractivity contribution in [3.63, 3.8) is 0 Å². The molecule has 1 aliphatic heterocycles. The molecule has 0 saturated carbocycles. The van der Waals surface area contributed by atoms with Crippen molar-refractivity contribution in [1.29, 1.82) is 0 Å². The molecule has 1 fully saturated rings. The fourth-order valence-electron chi connectivity index (χ4n) is 2.76. The van der Waals surface area contributed by atoms with E-state index in [4.69, 9.17) is 4.74 Å². The van der Waals surface area contributed by atoms with Crippen LogP contribution in [0.5, 0.6) is 11.5 Å². The normalized spacial score (nSPS) is 14.5. The highest BCUT2D eigenvalue weighted by atomic mass is 19.2. The molecular weight excluding hydrogens is 333 g/mol. The molecule has 4 nitrogen and oxygen atoms in total. The van der Waals surface area contributed by atoms with Crippen molar-refractivity contribution < 1.29 is 22.7 Å². The molecule has 0 bridgehead atoms. The molecule has 0 radical (unpaired) electrons. The number of rotatable bonds is 4. The van der Waals surface area contributed by atoms with Gasteiger partial charge >= 0.3 is 0 Å². The molecule has 7 heteroatoms. The number of ether oxygens (including phenoxy) is 1. The Bertz CT molecular complexity index is 788.